The quantitative estimate of drug-likeness (QED) is 0.491. The zero-order valence-corrected chi connectivity index (χ0v) is 14.4. The largest absolute Gasteiger partial charge is 0.293 e. The highest BCUT2D eigenvalue weighted by Crippen LogP contribution is 2.26. The zero-order chi connectivity index (χ0) is 17.8. The predicted octanol–water partition coefficient (Wildman–Crippen LogP) is 4.78. The van der Waals surface area contributed by atoms with Gasteiger partial charge in [0, 0.05) is 10.9 Å². The van der Waals surface area contributed by atoms with Crippen LogP contribution in [0.4, 0.5) is 4.39 Å². The van der Waals surface area contributed by atoms with Crippen LogP contribution in [-0.4, -0.2) is 16.5 Å². The number of hydrogen-bond acceptors (Lipinski definition) is 4. The molecule has 0 aliphatic heterocycles. The number of carbonyl (C=O) groups excluding carboxylic acids is 1. The van der Waals surface area contributed by atoms with Crippen molar-refractivity contribution in [2.24, 2.45) is 0 Å². The highest BCUT2D eigenvalue weighted by Gasteiger charge is 2.12. The highest BCUT2D eigenvalue weighted by molar-refractivity contribution is 8.00. The second kappa shape index (κ2) is 7.45. The van der Waals surface area contributed by atoms with Gasteiger partial charge in [-0.25, -0.2) is 9.37 Å². The average molecular weight is 350 g/mol. The maximum Gasteiger partial charge on any atom is 0.173 e. The summed E-state index contributed by atoms with van der Waals surface area (Å²) in [6, 6.07) is 15.4. The summed E-state index contributed by atoms with van der Waals surface area (Å²) in [6.07, 6.45) is 0.917. The lowest BCUT2D eigenvalue weighted by atomic mass is 10.1. The molecule has 0 saturated heterocycles. The first-order valence-corrected chi connectivity index (χ1v) is 8.84. The van der Waals surface area contributed by atoms with Crippen molar-refractivity contribution in [1.29, 1.82) is 5.26 Å². The van der Waals surface area contributed by atoms with Crippen molar-refractivity contribution in [2.45, 2.75) is 18.4 Å². The van der Waals surface area contributed by atoms with Gasteiger partial charge in [0.05, 0.1) is 16.8 Å². The first-order valence-electron chi connectivity index (χ1n) is 7.86. The fourth-order valence-corrected chi connectivity index (χ4v) is 3.33. The van der Waals surface area contributed by atoms with Crippen LogP contribution in [-0.2, 0) is 6.42 Å². The Morgan fingerprint density at radius 1 is 1.20 bits per heavy atom. The molecule has 2 aromatic carbocycles. The molecule has 0 spiro atoms. The van der Waals surface area contributed by atoms with Gasteiger partial charge in [-0.15, -0.1) is 0 Å². The minimum absolute atomic E-state index is 0.128. The number of nitrogens with zero attached hydrogens (tertiary/aromatic N) is 2. The minimum Gasteiger partial charge on any atom is -0.293 e. The summed E-state index contributed by atoms with van der Waals surface area (Å²) in [5, 5.41) is 10.8. The van der Waals surface area contributed by atoms with E-state index in [2.05, 4.69) is 18.0 Å². The number of hydrogen-bond donors (Lipinski definition) is 0. The van der Waals surface area contributed by atoms with Gasteiger partial charge in [-0.1, -0.05) is 24.8 Å². The number of pyridine rings is 1. The third kappa shape index (κ3) is 3.86. The summed E-state index contributed by atoms with van der Waals surface area (Å²) < 4.78 is 12.9. The van der Waals surface area contributed by atoms with Crippen LogP contribution in [0.5, 0.6) is 0 Å². The molecule has 1 heterocycles. The lowest BCUT2D eigenvalue weighted by Gasteiger charge is -2.07. The van der Waals surface area contributed by atoms with Crippen molar-refractivity contribution in [1.82, 2.24) is 4.98 Å². The van der Waals surface area contributed by atoms with Crippen LogP contribution in [0.15, 0.2) is 53.6 Å². The number of Topliss-reactive ketones (excluding diaryl/α,β-unsaturated/α-hetero) is 1. The summed E-state index contributed by atoms with van der Waals surface area (Å²) >= 11 is 1.23. The van der Waals surface area contributed by atoms with Gasteiger partial charge in [0.1, 0.15) is 16.9 Å². The molecule has 0 saturated carbocycles. The van der Waals surface area contributed by atoms with Crippen molar-refractivity contribution in [3.05, 3.63) is 71.0 Å². The average Bonchev–Trinajstić information content (AvgIpc) is 2.65. The normalized spacial score (nSPS) is 10.6. The Hall–Kier alpha value is -2.71. The Labute approximate surface area is 149 Å². The standard InChI is InChI=1S/C20H15FN2OS/c1-2-13-3-8-18-15(9-13)10-16(11-22)20(23-18)25-12-19(24)14-4-6-17(21)7-5-14/h3-10H,2,12H2,1H3. The number of aromatic nitrogens is 1. The van der Waals surface area contributed by atoms with E-state index in [0.29, 0.717) is 16.2 Å². The molecule has 25 heavy (non-hydrogen) atoms. The van der Waals surface area contributed by atoms with Crippen LogP contribution in [0.2, 0.25) is 0 Å². The van der Waals surface area contributed by atoms with Crippen LogP contribution in [0.3, 0.4) is 0 Å². The van der Waals surface area contributed by atoms with E-state index in [1.165, 1.54) is 41.6 Å². The summed E-state index contributed by atoms with van der Waals surface area (Å²) in [5.41, 5.74) is 2.89. The van der Waals surface area contributed by atoms with Gasteiger partial charge in [-0.3, -0.25) is 4.79 Å². The number of halogens is 1. The predicted molar refractivity (Wildman–Crippen MR) is 97.3 cm³/mol. The summed E-state index contributed by atoms with van der Waals surface area (Å²) in [6.45, 7) is 2.07. The molecule has 0 bridgehead atoms. The van der Waals surface area contributed by atoms with E-state index in [4.69, 9.17) is 0 Å². The monoisotopic (exact) mass is 350 g/mol. The topological polar surface area (TPSA) is 53.8 Å². The Bertz CT molecular complexity index is 977. The van der Waals surface area contributed by atoms with Crippen molar-refractivity contribution in [3.8, 4) is 6.07 Å². The van der Waals surface area contributed by atoms with Crippen LogP contribution in [0.1, 0.15) is 28.4 Å². The fourth-order valence-electron chi connectivity index (χ4n) is 2.47. The van der Waals surface area contributed by atoms with Gasteiger partial charge in [-0.2, -0.15) is 5.26 Å². The van der Waals surface area contributed by atoms with Gasteiger partial charge in [-0.05, 0) is 54.4 Å². The molecule has 3 aromatic rings. The SMILES string of the molecule is CCc1ccc2nc(SCC(=O)c3ccc(F)cc3)c(C#N)cc2c1. The van der Waals surface area contributed by atoms with Crippen LogP contribution < -0.4 is 0 Å². The third-order valence-corrected chi connectivity index (χ3v) is 4.87. The van der Waals surface area contributed by atoms with Gasteiger partial charge in [0.15, 0.2) is 5.78 Å². The molecule has 0 aliphatic carbocycles. The van der Waals surface area contributed by atoms with E-state index in [1.54, 1.807) is 0 Å². The van der Waals surface area contributed by atoms with E-state index >= 15 is 0 Å². The van der Waals surface area contributed by atoms with Crippen molar-refractivity contribution in [2.75, 3.05) is 5.75 Å². The van der Waals surface area contributed by atoms with Gasteiger partial charge in [0.25, 0.3) is 0 Å². The third-order valence-electron chi connectivity index (χ3n) is 3.88. The first kappa shape index (κ1) is 17.1. The minimum atomic E-state index is -0.376. The van der Waals surface area contributed by atoms with Crippen molar-refractivity contribution < 1.29 is 9.18 Å². The van der Waals surface area contributed by atoms with Crippen LogP contribution in [0, 0.1) is 17.1 Å². The highest BCUT2D eigenvalue weighted by atomic mass is 32.2. The van der Waals surface area contributed by atoms with E-state index in [0.717, 1.165) is 17.3 Å². The molecule has 3 nitrogen and oxygen atoms in total. The van der Waals surface area contributed by atoms with Gasteiger partial charge < -0.3 is 0 Å². The Morgan fingerprint density at radius 3 is 2.64 bits per heavy atom. The van der Waals surface area contributed by atoms with E-state index in [9.17, 15) is 14.4 Å². The molecule has 3 rings (SSSR count). The summed E-state index contributed by atoms with van der Waals surface area (Å²) in [4.78, 5) is 16.8. The van der Waals surface area contributed by atoms with Gasteiger partial charge in [0.2, 0.25) is 0 Å². The maximum absolute atomic E-state index is 12.9. The molecule has 0 aliphatic rings. The summed E-state index contributed by atoms with van der Waals surface area (Å²) in [7, 11) is 0. The molecule has 0 unspecified atom stereocenters. The number of carbonyl (C=O) groups is 1. The maximum atomic E-state index is 12.9. The van der Waals surface area contributed by atoms with E-state index < -0.39 is 0 Å². The molecule has 0 fully saturated rings. The smallest absolute Gasteiger partial charge is 0.173 e. The lowest BCUT2D eigenvalue weighted by molar-refractivity contribution is 0.102. The number of rotatable bonds is 5. The summed E-state index contributed by atoms with van der Waals surface area (Å²) in [5.74, 6) is -0.359. The molecular weight excluding hydrogens is 335 g/mol. The van der Waals surface area contributed by atoms with Crippen LogP contribution in [0.25, 0.3) is 10.9 Å². The second-order valence-electron chi connectivity index (χ2n) is 5.55. The number of fused-ring (bicyclic) bond motifs is 1. The van der Waals surface area contributed by atoms with Crippen molar-refractivity contribution >= 4 is 28.4 Å². The molecule has 124 valence electrons. The Balaban J connectivity index is 1.84. The number of ketones is 1. The molecule has 0 N–H and O–H groups in total. The number of nitriles is 1. The fraction of sp³-hybridized carbons (Fsp3) is 0.150. The number of benzene rings is 2. The van der Waals surface area contributed by atoms with E-state index in [1.807, 2.05) is 24.3 Å². The zero-order valence-electron chi connectivity index (χ0n) is 13.6. The van der Waals surface area contributed by atoms with E-state index in [-0.39, 0.29) is 17.4 Å². The molecule has 0 atom stereocenters. The Kier molecular flexibility index (Phi) is 5.11. The number of thioether (sulfide) groups is 1. The first-order chi connectivity index (χ1) is 12.1. The molecule has 1 aromatic heterocycles. The van der Waals surface area contributed by atoms with Crippen molar-refractivity contribution in [3.63, 3.8) is 0 Å². The number of aryl methyl sites for hydroxylation is 1. The molecule has 5 heteroatoms. The molecule has 0 amide bonds. The van der Waals surface area contributed by atoms with Gasteiger partial charge >= 0.3 is 0 Å². The lowest BCUT2D eigenvalue weighted by Crippen LogP contribution is -2.03. The molecule has 0 radical (unpaired) electrons. The van der Waals surface area contributed by atoms with Crippen LogP contribution >= 0.6 is 11.8 Å². The Morgan fingerprint density at radius 2 is 1.96 bits per heavy atom. The second-order valence-corrected chi connectivity index (χ2v) is 6.52. The molecular formula is C20H15FN2OS.